The Bertz CT molecular complexity index is 1400. The molecule has 4 heterocycles. The van der Waals surface area contributed by atoms with Gasteiger partial charge in [-0.3, -0.25) is 9.69 Å². The predicted octanol–water partition coefficient (Wildman–Crippen LogP) is 4.81. The van der Waals surface area contributed by atoms with Crippen molar-refractivity contribution in [2.45, 2.75) is 52.1 Å². The van der Waals surface area contributed by atoms with Gasteiger partial charge in [-0.1, -0.05) is 19.9 Å². The minimum Gasteiger partial charge on any atom is -0.380 e. The molecule has 0 aliphatic carbocycles. The Balaban J connectivity index is 1.44. The molecule has 8 nitrogen and oxygen atoms in total. The second-order valence-electron chi connectivity index (χ2n) is 10.5. The minimum atomic E-state index is 0.210. The van der Waals surface area contributed by atoms with E-state index in [-0.39, 0.29) is 5.91 Å². The number of nitrogens with one attached hydrogen (secondary N) is 1. The molecule has 0 bridgehead atoms. The largest absolute Gasteiger partial charge is 0.380 e. The van der Waals surface area contributed by atoms with Gasteiger partial charge in [0, 0.05) is 48.9 Å². The van der Waals surface area contributed by atoms with Gasteiger partial charge in [-0.15, -0.1) is 0 Å². The fourth-order valence-corrected chi connectivity index (χ4v) is 5.62. The molecule has 0 saturated carbocycles. The molecule has 0 unspecified atom stereocenters. The smallest absolute Gasteiger partial charge is 0.236 e. The van der Waals surface area contributed by atoms with Crippen LogP contribution in [0.25, 0.3) is 27.8 Å². The van der Waals surface area contributed by atoms with E-state index in [0.717, 1.165) is 60.5 Å². The zero-order chi connectivity index (χ0) is 26.1. The molecule has 0 radical (unpaired) electrons. The summed E-state index contributed by atoms with van der Waals surface area (Å²) in [6.07, 6.45) is 5.78. The third kappa shape index (κ3) is 5.00. The van der Waals surface area contributed by atoms with Gasteiger partial charge in [0.2, 0.25) is 5.91 Å². The third-order valence-electron chi connectivity index (χ3n) is 7.80. The Morgan fingerprint density at radius 2 is 2.03 bits per heavy atom. The van der Waals surface area contributed by atoms with Gasteiger partial charge in [-0.2, -0.15) is 5.10 Å². The number of carbonyl (C=O) groups excluding carboxylic acids is 1. The first-order valence-electron chi connectivity index (χ1n) is 13.3. The highest BCUT2D eigenvalue weighted by Gasteiger charge is 2.24. The summed E-state index contributed by atoms with van der Waals surface area (Å²) < 4.78 is 7.28. The van der Waals surface area contributed by atoms with Gasteiger partial charge in [-0.05, 0) is 74.0 Å². The van der Waals surface area contributed by atoms with Crippen LogP contribution in [0.4, 0.5) is 0 Å². The lowest BCUT2D eigenvalue weighted by Crippen LogP contribution is -2.41. The van der Waals surface area contributed by atoms with Crippen LogP contribution in [0.1, 0.15) is 62.1 Å². The molecular weight excluding hydrogens is 464 g/mol. The third-order valence-corrected chi connectivity index (χ3v) is 7.80. The van der Waals surface area contributed by atoms with Crippen molar-refractivity contribution >= 4 is 22.5 Å². The average Bonchev–Trinajstić information content (AvgIpc) is 3.53. The van der Waals surface area contributed by atoms with Crippen LogP contribution < -0.4 is 0 Å². The number of nitrogens with zero attached hydrogens (tertiary/aromatic N) is 5. The van der Waals surface area contributed by atoms with Crippen molar-refractivity contribution in [2.75, 3.05) is 40.3 Å². The van der Waals surface area contributed by atoms with Gasteiger partial charge in [0.1, 0.15) is 6.33 Å². The number of likely N-dealkylation sites (tertiary alicyclic amines) is 1. The molecule has 1 aromatic carbocycles. The van der Waals surface area contributed by atoms with Crippen LogP contribution in [0.3, 0.4) is 0 Å². The molecule has 4 aromatic rings. The maximum Gasteiger partial charge on any atom is 0.236 e. The molecule has 8 heteroatoms. The monoisotopic (exact) mass is 502 g/mol. The second kappa shape index (κ2) is 10.6. The van der Waals surface area contributed by atoms with Crippen LogP contribution >= 0.6 is 0 Å². The zero-order valence-corrected chi connectivity index (χ0v) is 22.6. The SMILES string of the molecule is CCN(C)C(=O)CN1CCC(c2ccc3[nH]c(-c4cc(COC)c5ncnn5c4)c(C(C)C)c3c2)CC1. The van der Waals surface area contributed by atoms with E-state index in [2.05, 4.69) is 58.1 Å². The van der Waals surface area contributed by atoms with Gasteiger partial charge < -0.3 is 14.6 Å². The Labute approximate surface area is 218 Å². The highest BCUT2D eigenvalue weighted by molar-refractivity contribution is 5.92. The van der Waals surface area contributed by atoms with E-state index in [0.29, 0.717) is 25.0 Å². The fourth-order valence-electron chi connectivity index (χ4n) is 5.62. The number of piperidine rings is 1. The Morgan fingerprint density at radius 1 is 1.24 bits per heavy atom. The van der Waals surface area contributed by atoms with Gasteiger partial charge >= 0.3 is 0 Å². The summed E-state index contributed by atoms with van der Waals surface area (Å²) in [4.78, 5) is 24.6. The number of amides is 1. The van der Waals surface area contributed by atoms with Crippen molar-refractivity contribution in [3.63, 3.8) is 0 Å². The van der Waals surface area contributed by atoms with Gasteiger partial charge in [0.15, 0.2) is 5.65 Å². The number of benzene rings is 1. The Kier molecular flexibility index (Phi) is 7.31. The van der Waals surface area contributed by atoms with E-state index in [9.17, 15) is 4.79 Å². The first-order valence-corrected chi connectivity index (χ1v) is 13.3. The molecule has 5 rings (SSSR count). The summed E-state index contributed by atoms with van der Waals surface area (Å²) in [6.45, 7) is 10.2. The summed E-state index contributed by atoms with van der Waals surface area (Å²) in [5, 5.41) is 5.69. The summed E-state index contributed by atoms with van der Waals surface area (Å²) in [7, 11) is 3.58. The van der Waals surface area contributed by atoms with E-state index < -0.39 is 0 Å². The molecule has 1 N–H and O–H groups in total. The standard InChI is InChI=1S/C29H38N6O2/c1-6-33(4)26(36)16-34-11-9-20(10-12-34)21-7-8-25-24(14-21)27(19(2)3)28(32-25)22-13-23(17-37-5)29-30-18-31-35(29)15-22/h7-8,13-15,18-20,32H,6,9-12,16-17H2,1-5H3. The molecule has 37 heavy (non-hydrogen) atoms. The number of methoxy groups -OCH3 is 1. The first-order chi connectivity index (χ1) is 17.9. The normalized spacial score (nSPS) is 15.3. The number of pyridine rings is 1. The van der Waals surface area contributed by atoms with E-state index in [4.69, 9.17) is 4.74 Å². The van der Waals surface area contributed by atoms with Gasteiger partial charge in [0.05, 0.1) is 18.8 Å². The molecule has 1 fully saturated rings. The lowest BCUT2D eigenvalue weighted by molar-refractivity contribution is -0.131. The molecule has 196 valence electrons. The first kappa shape index (κ1) is 25.4. The number of likely N-dealkylation sites (N-methyl/N-ethyl adjacent to an activating group) is 1. The van der Waals surface area contributed by atoms with Crippen LogP contribution in [0.5, 0.6) is 0 Å². The molecule has 3 aromatic heterocycles. The van der Waals surface area contributed by atoms with E-state index in [1.165, 1.54) is 16.5 Å². The molecule has 1 amide bonds. The predicted molar refractivity (Wildman–Crippen MR) is 147 cm³/mol. The van der Waals surface area contributed by atoms with Crippen molar-refractivity contribution in [2.24, 2.45) is 0 Å². The van der Waals surface area contributed by atoms with E-state index in [1.807, 2.05) is 24.7 Å². The number of rotatable bonds is 8. The maximum absolute atomic E-state index is 12.3. The minimum absolute atomic E-state index is 0.210. The maximum atomic E-state index is 12.3. The zero-order valence-electron chi connectivity index (χ0n) is 22.6. The van der Waals surface area contributed by atoms with Gasteiger partial charge in [0.25, 0.3) is 0 Å². The lowest BCUT2D eigenvalue weighted by Gasteiger charge is -2.32. The number of aromatic amines is 1. The molecule has 1 aliphatic heterocycles. The average molecular weight is 503 g/mol. The van der Waals surface area contributed by atoms with Gasteiger partial charge in [-0.25, -0.2) is 9.50 Å². The number of H-pyrrole nitrogens is 1. The molecule has 0 atom stereocenters. The molecule has 1 saturated heterocycles. The van der Waals surface area contributed by atoms with Crippen LogP contribution in [0.15, 0.2) is 36.8 Å². The highest BCUT2D eigenvalue weighted by Crippen LogP contribution is 2.38. The molecular formula is C29H38N6O2. The number of ether oxygens (including phenoxy) is 1. The second-order valence-corrected chi connectivity index (χ2v) is 10.5. The van der Waals surface area contributed by atoms with Crippen LogP contribution in [0.2, 0.25) is 0 Å². The number of hydrogen-bond acceptors (Lipinski definition) is 5. The number of hydrogen-bond donors (Lipinski definition) is 1. The Morgan fingerprint density at radius 3 is 2.73 bits per heavy atom. The number of aromatic nitrogens is 4. The van der Waals surface area contributed by atoms with Crippen molar-refractivity contribution in [3.05, 3.63) is 53.5 Å². The van der Waals surface area contributed by atoms with Crippen LogP contribution in [-0.2, 0) is 16.1 Å². The molecule has 0 spiro atoms. The van der Waals surface area contributed by atoms with Crippen molar-refractivity contribution in [1.82, 2.24) is 29.4 Å². The highest BCUT2D eigenvalue weighted by atomic mass is 16.5. The summed E-state index contributed by atoms with van der Waals surface area (Å²) in [5.41, 5.74) is 7.92. The number of fused-ring (bicyclic) bond motifs is 2. The van der Waals surface area contributed by atoms with E-state index in [1.54, 1.807) is 18.3 Å². The van der Waals surface area contributed by atoms with Crippen molar-refractivity contribution in [3.8, 4) is 11.3 Å². The lowest BCUT2D eigenvalue weighted by atomic mass is 9.87. The quantitative estimate of drug-likeness (QED) is 0.374. The van der Waals surface area contributed by atoms with Crippen molar-refractivity contribution < 1.29 is 9.53 Å². The molecule has 1 aliphatic rings. The topological polar surface area (TPSA) is 78.8 Å². The van der Waals surface area contributed by atoms with E-state index >= 15 is 0 Å². The fraction of sp³-hybridized carbons (Fsp3) is 0.483. The summed E-state index contributed by atoms with van der Waals surface area (Å²) in [5.74, 6) is 1.07. The summed E-state index contributed by atoms with van der Waals surface area (Å²) >= 11 is 0. The number of carbonyl (C=O) groups is 1. The Hall–Kier alpha value is -3.23. The van der Waals surface area contributed by atoms with Crippen LogP contribution in [-0.4, -0.2) is 75.6 Å². The van der Waals surface area contributed by atoms with Crippen LogP contribution in [0, 0.1) is 0 Å². The summed E-state index contributed by atoms with van der Waals surface area (Å²) in [6, 6.07) is 9.07. The van der Waals surface area contributed by atoms with Crippen molar-refractivity contribution in [1.29, 1.82) is 0 Å².